The van der Waals surface area contributed by atoms with Gasteiger partial charge in [-0.3, -0.25) is 9.59 Å². The Bertz CT molecular complexity index is 881. The van der Waals surface area contributed by atoms with Crippen molar-refractivity contribution in [3.8, 4) is 0 Å². The van der Waals surface area contributed by atoms with E-state index in [1.165, 1.54) is 0 Å². The highest BCUT2D eigenvalue weighted by Gasteiger charge is 2.25. The predicted molar refractivity (Wildman–Crippen MR) is 107 cm³/mol. The number of carbonyl (C=O) groups excluding carboxylic acids is 2. The van der Waals surface area contributed by atoms with E-state index in [4.69, 9.17) is 4.74 Å². The zero-order valence-electron chi connectivity index (χ0n) is 15.9. The molecule has 0 aliphatic rings. The number of aromatic nitrogens is 2. The number of rotatable bonds is 7. The standard InChI is InChI=1S/C22H23N3O3/c1-16(2)25-19(13-14-23-25)24-20(26)15-28-22(27)21(17-9-5-3-6-10-17)18-11-7-4-8-12-18/h3-14,16,21H,15H2,1-2H3,(H,24,26). The van der Waals surface area contributed by atoms with E-state index >= 15 is 0 Å². The summed E-state index contributed by atoms with van der Waals surface area (Å²) in [6.45, 7) is 3.57. The summed E-state index contributed by atoms with van der Waals surface area (Å²) in [5, 5.41) is 6.90. The van der Waals surface area contributed by atoms with E-state index in [0.29, 0.717) is 5.82 Å². The van der Waals surface area contributed by atoms with Crippen LogP contribution < -0.4 is 5.32 Å². The topological polar surface area (TPSA) is 73.2 Å². The highest BCUT2D eigenvalue weighted by molar-refractivity contribution is 5.93. The van der Waals surface area contributed by atoms with E-state index in [1.54, 1.807) is 16.9 Å². The molecule has 0 radical (unpaired) electrons. The normalized spacial score (nSPS) is 10.9. The van der Waals surface area contributed by atoms with Crippen molar-refractivity contribution in [2.45, 2.75) is 25.8 Å². The molecule has 28 heavy (non-hydrogen) atoms. The third-order valence-electron chi connectivity index (χ3n) is 4.27. The highest BCUT2D eigenvalue weighted by atomic mass is 16.5. The maximum atomic E-state index is 12.8. The summed E-state index contributed by atoms with van der Waals surface area (Å²) < 4.78 is 7.03. The van der Waals surface area contributed by atoms with Gasteiger partial charge in [-0.2, -0.15) is 5.10 Å². The number of hydrogen-bond donors (Lipinski definition) is 1. The largest absolute Gasteiger partial charge is 0.455 e. The SMILES string of the molecule is CC(C)n1nccc1NC(=O)COC(=O)C(c1ccccc1)c1ccccc1. The first-order valence-corrected chi connectivity index (χ1v) is 9.16. The molecule has 0 aliphatic carbocycles. The van der Waals surface area contributed by atoms with E-state index in [0.717, 1.165) is 11.1 Å². The smallest absolute Gasteiger partial charge is 0.318 e. The summed E-state index contributed by atoms with van der Waals surface area (Å²) in [7, 11) is 0. The fraction of sp³-hybridized carbons (Fsp3) is 0.227. The average molecular weight is 377 g/mol. The molecule has 2 aromatic carbocycles. The number of hydrogen-bond acceptors (Lipinski definition) is 4. The van der Waals surface area contributed by atoms with Gasteiger partial charge in [0.15, 0.2) is 6.61 Å². The molecule has 1 aromatic heterocycles. The number of amides is 1. The zero-order valence-corrected chi connectivity index (χ0v) is 15.9. The Hall–Kier alpha value is -3.41. The number of anilines is 1. The van der Waals surface area contributed by atoms with Gasteiger partial charge in [0.25, 0.3) is 5.91 Å². The van der Waals surface area contributed by atoms with Crippen molar-refractivity contribution < 1.29 is 14.3 Å². The molecular formula is C22H23N3O3. The van der Waals surface area contributed by atoms with Crippen LogP contribution in [0.2, 0.25) is 0 Å². The minimum absolute atomic E-state index is 0.105. The van der Waals surface area contributed by atoms with Gasteiger partial charge in [0.05, 0.1) is 6.20 Å². The molecule has 6 heteroatoms. The molecule has 0 atom stereocenters. The van der Waals surface area contributed by atoms with Crippen LogP contribution in [0.1, 0.15) is 36.9 Å². The van der Waals surface area contributed by atoms with Crippen molar-refractivity contribution in [2.75, 3.05) is 11.9 Å². The molecule has 0 aliphatic heterocycles. The molecule has 3 rings (SSSR count). The lowest BCUT2D eigenvalue weighted by molar-refractivity contribution is -0.147. The molecule has 0 saturated heterocycles. The van der Waals surface area contributed by atoms with E-state index in [9.17, 15) is 9.59 Å². The lowest BCUT2D eigenvalue weighted by atomic mass is 9.91. The number of carbonyl (C=O) groups is 2. The maximum absolute atomic E-state index is 12.8. The average Bonchev–Trinajstić information content (AvgIpc) is 3.17. The van der Waals surface area contributed by atoms with E-state index < -0.39 is 17.8 Å². The van der Waals surface area contributed by atoms with Gasteiger partial charge in [-0.15, -0.1) is 0 Å². The molecule has 3 aromatic rings. The quantitative estimate of drug-likeness (QED) is 0.636. The van der Waals surface area contributed by atoms with Gasteiger partial charge >= 0.3 is 5.97 Å². The van der Waals surface area contributed by atoms with Crippen LogP contribution in [0.4, 0.5) is 5.82 Å². The minimum atomic E-state index is -0.587. The zero-order chi connectivity index (χ0) is 19.9. The molecule has 6 nitrogen and oxygen atoms in total. The summed E-state index contributed by atoms with van der Waals surface area (Å²) in [4.78, 5) is 25.1. The summed E-state index contributed by atoms with van der Waals surface area (Å²) in [5.41, 5.74) is 1.63. The summed E-state index contributed by atoms with van der Waals surface area (Å²) >= 11 is 0. The van der Waals surface area contributed by atoms with Crippen molar-refractivity contribution in [1.82, 2.24) is 9.78 Å². The Morgan fingerprint density at radius 3 is 2.07 bits per heavy atom. The molecule has 0 spiro atoms. The van der Waals surface area contributed by atoms with Crippen molar-refractivity contribution in [3.05, 3.63) is 84.1 Å². The van der Waals surface area contributed by atoms with Gasteiger partial charge in [0.2, 0.25) is 0 Å². The molecular weight excluding hydrogens is 354 g/mol. The first-order valence-electron chi connectivity index (χ1n) is 9.16. The van der Waals surface area contributed by atoms with Gasteiger partial charge in [-0.25, -0.2) is 4.68 Å². The third-order valence-corrected chi connectivity index (χ3v) is 4.27. The van der Waals surface area contributed by atoms with Crippen LogP contribution in [-0.4, -0.2) is 28.3 Å². The lowest BCUT2D eigenvalue weighted by Gasteiger charge is -2.17. The Labute approximate surface area is 164 Å². The Morgan fingerprint density at radius 2 is 1.54 bits per heavy atom. The minimum Gasteiger partial charge on any atom is -0.455 e. The van der Waals surface area contributed by atoms with E-state index in [-0.39, 0.29) is 12.6 Å². The van der Waals surface area contributed by atoms with Crippen LogP contribution in [0.3, 0.4) is 0 Å². The van der Waals surface area contributed by atoms with Gasteiger partial charge in [-0.1, -0.05) is 60.7 Å². The van der Waals surface area contributed by atoms with Crippen LogP contribution in [0.15, 0.2) is 72.9 Å². The number of nitrogens with one attached hydrogen (secondary N) is 1. The van der Waals surface area contributed by atoms with Crippen LogP contribution in [0.25, 0.3) is 0 Å². The van der Waals surface area contributed by atoms with E-state index in [1.807, 2.05) is 74.5 Å². The van der Waals surface area contributed by atoms with E-state index in [2.05, 4.69) is 10.4 Å². The Balaban J connectivity index is 1.69. The summed E-state index contributed by atoms with van der Waals surface area (Å²) in [6, 6.07) is 20.6. The maximum Gasteiger partial charge on any atom is 0.318 e. The first kappa shape index (κ1) is 19.4. The molecule has 0 bridgehead atoms. The van der Waals surface area contributed by atoms with Crippen molar-refractivity contribution in [3.63, 3.8) is 0 Å². The molecule has 1 N–H and O–H groups in total. The monoisotopic (exact) mass is 377 g/mol. The second-order valence-corrected chi connectivity index (χ2v) is 6.67. The molecule has 0 fully saturated rings. The third kappa shape index (κ3) is 4.65. The number of ether oxygens (including phenoxy) is 1. The van der Waals surface area contributed by atoms with Crippen LogP contribution >= 0.6 is 0 Å². The fourth-order valence-electron chi connectivity index (χ4n) is 2.98. The molecule has 0 saturated carbocycles. The van der Waals surface area contributed by atoms with Crippen LogP contribution in [-0.2, 0) is 14.3 Å². The van der Waals surface area contributed by atoms with Crippen molar-refractivity contribution in [1.29, 1.82) is 0 Å². The second-order valence-electron chi connectivity index (χ2n) is 6.67. The van der Waals surface area contributed by atoms with Crippen LogP contribution in [0.5, 0.6) is 0 Å². The molecule has 0 unspecified atom stereocenters. The summed E-state index contributed by atoms with van der Waals surface area (Å²) in [5.74, 6) is -0.893. The van der Waals surface area contributed by atoms with Gasteiger partial charge in [0, 0.05) is 12.1 Å². The lowest BCUT2D eigenvalue weighted by Crippen LogP contribution is -2.25. The Morgan fingerprint density at radius 1 is 0.964 bits per heavy atom. The van der Waals surface area contributed by atoms with Crippen molar-refractivity contribution >= 4 is 17.7 Å². The molecule has 144 valence electrons. The van der Waals surface area contributed by atoms with Gasteiger partial charge in [-0.05, 0) is 25.0 Å². The number of esters is 1. The fourth-order valence-corrected chi connectivity index (χ4v) is 2.98. The second kappa shape index (κ2) is 8.99. The molecule has 1 amide bonds. The number of benzene rings is 2. The number of nitrogens with zero attached hydrogens (tertiary/aromatic N) is 2. The summed E-state index contributed by atoms with van der Waals surface area (Å²) in [6.07, 6.45) is 1.61. The van der Waals surface area contributed by atoms with Gasteiger partial charge < -0.3 is 10.1 Å². The van der Waals surface area contributed by atoms with Crippen LogP contribution in [0, 0.1) is 0 Å². The van der Waals surface area contributed by atoms with Crippen molar-refractivity contribution in [2.24, 2.45) is 0 Å². The van der Waals surface area contributed by atoms with Gasteiger partial charge in [0.1, 0.15) is 11.7 Å². The first-order chi connectivity index (χ1) is 13.6. The molecule has 1 heterocycles. The highest BCUT2D eigenvalue weighted by Crippen LogP contribution is 2.26. The Kier molecular flexibility index (Phi) is 6.22. The predicted octanol–water partition coefficient (Wildman–Crippen LogP) is 3.78.